The van der Waals surface area contributed by atoms with Gasteiger partial charge in [0.15, 0.2) is 0 Å². The highest BCUT2D eigenvalue weighted by atomic mass is 35.5. The van der Waals surface area contributed by atoms with Crippen LogP contribution in [0.5, 0.6) is 0 Å². The molecule has 1 unspecified atom stereocenters. The van der Waals surface area contributed by atoms with Crippen LogP contribution in [0.15, 0.2) is 18.2 Å². The van der Waals surface area contributed by atoms with E-state index >= 15 is 0 Å². The van der Waals surface area contributed by atoms with E-state index in [1.54, 1.807) is 18.2 Å². The summed E-state index contributed by atoms with van der Waals surface area (Å²) >= 11 is 11.6. The molecule has 2 rings (SSSR count). The first-order valence-corrected chi connectivity index (χ1v) is 6.01. The summed E-state index contributed by atoms with van der Waals surface area (Å²) in [5.41, 5.74) is 0.607. The summed E-state index contributed by atoms with van der Waals surface area (Å²) in [4.78, 5) is 11.6. The fraction of sp³-hybridized carbons (Fsp3) is 0.364. The van der Waals surface area contributed by atoms with Crippen LogP contribution in [0.2, 0.25) is 10.0 Å². The van der Waals surface area contributed by atoms with Crippen LogP contribution < -0.4 is 10.6 Å². The van der Waals surface area contributed by atoms with Gasteiger partial charge in [-0.1, -0.05) is 23.2 Å². The minimum Gasteiger partial charge on any atom is -0.379 e. The van der Waals surface area contributed by atoms with E-state index in [4.69, 9.17) is 27.9 Å². The molecule has 4 nitrogen and oxygen atoms in total. The normalized spacial score (nSPS) is 19.1. The Morgan fingerprint density at radius 2 is 2.18 bits per heavy atom. The smallest absolute Gasteiger partial charge is 0.319 e. The summed E-state index contributed by atoms with van der Waals surface area (Å²) in [7, 11) is 0. The number of rotatable bonds is 2. The summed E-state index contributed by atoms with van der Waals surface area (Å²) in [5.74, 6) is 0. The number of halogens is 2. The molecule has 0 aliphatic carbocycles. The third-order valence-electron chi connectivity index (χ3n) is 2.44. The lowest BCUT2D eigenvalue weighted by molar-refractivity contribution is 0.189. The summed E-state index contributed by atoms with van der Waals surface area (Å²) in [6.45, 7) is 1.26. The van der Waals surface area contributed by atoms with Crippen LogP contribution in [0.3, 0.4) is 0 Å². The van der Waals surface area contributed by atoms with Crippen molar-refractivity contribution in [2.24, 2.45) is 0 Å². The number of anilines is 1. The molecule has 1 aliphatic rings. The highest BCUT2D eigenvalue weighted by molar-refractivity contribution is 6.42. The SMILES string of the molecule is O=C(Nc1ccc(Cl)c(Cl)c1)NC1CCOC1. The standard InChI is InChI=1S/C11H12Cl2N2O2/c12-9-2-1-7(5-10(9)13)14-11(16)15-8-3-4-17-6-8/h1-2,5,8H,3-4,6H2,(H2,14,15,16). The van der Waals surface area contributed by atoms with E-state index < -0.39 is 0 Å². The van der Waals surface area contributed by atoms with Crippen molar-refractivity contribution in [1.29, 1.82) is 0 Å². The first-order chi connectivity index (χ1) is 8.15. The van der Waals surface area contributed by atoms with E-state index in [2.05, 4.69) is 10.6 Å². The molecule has 1 saturated heterocycles. The highest BCUT2D eigenvalue weighted by Crippen LogP contribution is 2.24. The number of ether oxygens (including phenoxy) is 1. The molecular formula is C11H12Cl2N2O2. The average Bonchev–Trinajstić information content (AvgIpc) is 2.76. The zero-order chi connectivity index (χ0) is 12.3. The van der Waals surface area contributed by atoms with Gasteiger partial charge in [-0.3, -0.25) is 0 Å². The summed E-state index contributed by atoms with van der Waals surface area (Å²) < 4.78 is 5.16. The highest BCUT2D eigenvalue weighted by Gasteiger charge is 2.17. The Morgan fingerprint density at radius 3 is 2.82 bits per heavy atom. The van der Waals surface area contributed by atoms with Crippen molar-refractivity contribution in [3.05, 3.63) is 28.2 Å². The van der Waals surface area contributed by atoms with E-state index in [0.29, 0.717) is 28.9 Å². The van der Waals surface area contributed by atoms with Crippen LogP contribution in [-0.2, 0) is 4.74 Å². The molecule has 0 radical (unpaired) electrons. The Balaban J connectivity index is 1.90. The molecule has 1 aliphatic heterocycles. The Kier molecular flexibility index (Phi) is 4.10. The van der Waals surface area contributed by atoms with Crippen LogP contribution in [0.4, 0.5) is 10.5 Å². The monoisotopic (exact) mass is 274 g/mol. The Bertz CT molecular complexity index is 420. The molecule has 92 valence electrons. The molecule has 1 fully saturated rings. The number of urea groups is 1. The van der Waals surface area contributed by atoms with Crippen molar-refractivity contribution in [2.75, 3.05) is 18.5 Å². The zero-order valence-corrected chi connectivity index (χ0v) is 10.5. The van der Waals surface area contributed by atoms with Crippen molar-refractivity contribution >= 4 is 34.9 Å². The first kappa shape index (κ1) is 12.5. The van der Waals surface area contributed by atoms with Crippen LogP contribution in [-0.4, -0.2) is 25.3 Å². The largest absolute Gasteiger partial charge is 0.379 e. The Hall–Kier alpha value is -0.970. The number of carbonyl (C=O) groups is 1. The molecule has 2 N–H and O–H groups in total. The van der Waals surface area contributed by atoms with Crippen molar-refractivity contribution < 1.29 is 9.53 Å². The van der Waals surface area contributed by atoms with Crippen LogP contribution in [0.25, 0.3) is 0 Å². The summed E-state index contributed by atoms with van der Waals surface area (Å²) in [6.07, 6.45) is 0.842. The van der Waals surface area contributed by atoms with Crippen LogP contribution >= 0.6 is 23.2 Å². The fourth-order valence-corrected chi connectivity index (χ4v) is 1.87. The Morgan fingerprint density at radius 1 is 1.35 bits per heavy atom. The van der Waals surface area contributed by atoms with Gasteiger partial charge in [0.25, 0.3) is 0 Å². The average molecular weight is 275 g/mol. The molecule has 1 aromatic carbocycles. The second-order valence-corrected chi connectivity index (χ2v) is 4.60. The van der Waals surface area contributed by atoms with E-state index in [1.807, 2.05) is 0 Å². The topological polar surface area (TPSA) is 50.4 Å². The molecule has 0 saturated carbocycles. The lowest BCUT2D eigenvalue weighted by Gasteiger charge is -2.12. The second-order valence-electron chi connectivity index (χ2n) is 3.79. The number of benzene rings is 1. The number of amides is 2. The lowest BCUT2D eigenvalue weighted by atomic mass is 10.3. The quantitative estimate of drug-likeness (QED) is 0.871. The maximum atomic E-state index is 11.6. The maximum Gasteiger partial charge on any atom is 0.319 e. The van der Waals surface area contributed by atoms with Crippen LogP contribution in [0, 0.1) is 0 Å². The van der Waals surface area contributed by atoms with Crippen molar-refractivity contribution in [3.63, 3.8) is 0 Å². The molecule has 1 heterocycles. The third kappa shape index (κ3) is 3.49. The molecule has 6 heteroatoms. The third-order valence-corrected chi connectivity index (χ3v) is 3.18. The van der Waals surface area contributed by atoms with Crippen LogP contribution in [0.1, 0.15) is 6.42 Å². The van der Waals surface area contributed by atoms with Crippen molar-refractivity contribution in [3.8, 4) is 0 Å². The Labute approximate surface area is 109 Å². The molecule has 17 heavy (non-hydrogen) atoms. The van der Waals surface area contributed by atoms with Gasteiger partial charge in [0.2, 0.25) is 0 Å². The van der Waals surface area contributed by atoms with E-state index in [1.165, 1.54) is 0 Å². The van der Waals surface area contributed by atoms with Gasteiger partial charge in [-0.05, 0) is 24.6 Å². The van der Waals surface area contributed by atoms with Crippen molar-refractivity contribution in [1.82, 2.24) is 5.32 Å². The number of carbonyl (C=O) groups excluding carboxylic acids is 1. The minimum atomic E-state index is -0.265. The van der Waals surface area contributed by atoms with Gasteiger partial charge in [-0.2, -0.15) is 0 Å². The molecule has 1 atom stereocenters. The van der Waals surface area contributed by atoms with E-state index in [9.17, 15) is 4.79 Å². The van der Waals surface area contributed by atoms with Crippen molar-refractivity contribution in [2.45, 2.75) is 12.5 Å². The minimum absolute atomic E-state index is 0.0813. The number of hydrogen-bond acceptors (Lipinski definition) is 2. The van der Waals surface area contributed by atoms with Gasteiger partial charge in [0, 0.05) is 12.3 Å². The van der Waals surface area contributed by atoms with Gasteiger partial charge in [0.1, 0.15) is 0 Å². The number of nitrogens with one attached hydrogen (secondary N) is 2. The predicted molar refractivity (Wildman–Crippen MR) is 67.8 cm³/mol. The van der Waals surface area contributed by atoms with Gasteiger partial charge in [0.05, 0.1) is 22.7 Å². The molecule has 0 spiro atoms. The van der Waals surface area contributed by atoms with E-state index in [0.717, 1.165) is 6.42 Å². The zero-order valence-electron chi connectivity index (χ0n) is 9.00. The van der Waals surface area contributed by atoms with E-state index in [-0.39, 0.29) is 12.1 Å². The molecular weight excluding hydrogens is 263 g/mol. The second kappa shape index (κ2) is 5.58. The van der Waals surface area contributed by atoms with Gasteiger partial charge in [-0.25, -0.2) is 4.79 Å². The fourth-order valence-electron chi connectivity index (χ4n) is 1.57. The first-order valence-electron chi connectivity index (χ1n) is 5.25. The molecule has 2 amide bonds. The lowest BCUT2D eigenvalue weighted by Crippen LogP contribution is -2.38. The number of hydrogen-bond donors (Lipinski definition) is 2. The van der Waals surface area contributed by atoms with Gasteiger partial charge >= 0.3 is 6.03 Å². The molecule has 0 bridgehead atoms. The summed E-state index contributed by atoms with van der Waals surface area (Å²) in [6, 6.07) is 4.75. The maximum absolute atomic E-state index is 11.6. The van der Waals surface area contributed by atoms with Gasteiger partial charge in [-0.15, -0.1) is 0 Å². The van der Waals surface area contributed by atoms with Gasteiger partial charge < -0.3 is 15.4 Å². The predicted octanol–water partition coefficient (Wildman–Crippen LogP) is 2.90. The summed E-state index contributed by atoms with van der Waals surface area (Å²) in [5, 5.41) is 6.37. The molecule has 1 aromatic rings. The molecule has 0 aromatic heterocycles.